The van der Waals surface area contributed by atoms with Crippen LogP contribution in [0.4, 0.5) is 0 Å². The highest BCUT2D eigenvalue weighted by Gasteiger charge is 2.32. The second-order valence-electron chi connectivity index (χ2n) is 3.70. The van der Waals surface area contributed by atoms with E-state index in [1.807, 2.05) is 13.1 Å². The molecule has 0 radical (unpaired) electrons. The summed E-state index contributed by atoms with van der Waals surface area (Å²) in [5.74, 6) is 0.0665. The van der Waals surface area contributed by atoms with Gasteiger partial charge in [-0.15, -0.1) is 11.3 Å². The Labute approximate surface area is 88.1 Å². The maximum Gasteiger partial charge on any atom is 0.218 e. The molecular formula is C10H15NO2S. The highest BCUT2D eigenvalue weighted by molar-refractivity contribution is 7.11. The Morgan fingerprint density at radius 1 is 1.43 bits per heavy atom. The van der Waals surface area contributed by atoms with Crippen LogP contribution in [0.15, 0.2) is 6.20 Å². The molecule has 1 heterocycles. The van der Waals surface area contributed by atoms with Crippen molar-refractivity contribution in [3.05, 3.63) is 16.1 Å². The zero-order valence-electron chi connectivity index (χ0n) is 8.74. The lowest BCUT2D eigenvalue weighted by molar-refractivity contribution is -0.201. The van der Waals surface area contributed by atoms with Crippen LogP contribution in [-0.2, 0) is 15.3 Å². The zero-order valence-corrected chi connectivity index (χ0v) is 9.56. The Kier molecular flexibility index (Phi) is 2.60. The molecule has 0 N–H and O–H groups in total. The molecule has 78 valence electrons. The molecule has 2 rings (SSSR count). The molecule has 1 aromatic rings. The fourth-order valence-corrected chi connectivity index (χ4v) is 2.50. The molecule has 0 saturated heterocycles. The van der Waals surface area contributed by atoms with Gasteiger partial charge in [0.05, 0.1) is 0 Å². The first-order valence-electron chi connectivity index (χ1n) is 4.76. The predicted octanol–water partition coefficient (Wildman–Crippen LogP) is 2.49. The normalized spacial score (nSPS) is 17.4. The van der Waals surface area contributed by atoms with Gasteiger partial charge in [-0.05, 0) is 25.7 Å². The van der Waals surface area contributed by atoms with Crippen LogP contribution in [0.2, 0.25) is 0 Å². The fourth-order valence-electron chi connectivity index (χ4n) is 1.31. The summed E-state index contributed by atoms with van der Waals surface area (Å²) in [6.07, 6.45) is 4.56. The van der Waals surface area contributed by atoms with Crippen molar-refractivity contribution in [2.75, 3.05) is 14.2 Å². The molecule has 0 atom stereocenters. The van der Waals surface area contributed by atoms with Gasteiger partial charge < -0.3 is 9.47 Å². The van der Waals surface area contributed by atoms with E-state index in [9.17, 15) is 0 Å². The fraction of sp³-hybridized carbons (Fsp3) is 0.700. The molecule has 0 aliphatic heterocycles. The summed E-state index contributed by atoms with van der Waals surface area (Å²) in [6, 6.07) is 0. The monoisotopic (exact) mass is 213 g/mol. The van der Waals surface area contributed by atoms with Crippen molar-refractivity contribution in [1.82, 2.24) is 4.98 Å². The molecule has 3 nitrogen and oxygen atoms in total. The van der Waals surface area contributed by atoms with E-state index in [4.69, 9.17) is 9.47 Å². The van der Waals surface area contributed by atoms with E-state index < -0.39 is 5.79 Å². The summed E-state index contributed by atoms with van der Waals surface area (Å²) in [4.78, 5) is 5.72. The van der Waals surface area contributed by atoms with Gasteiger partial charge in [-0.25, -0.2) is 4.98 Å². The van der Waals surface area contributed by atoms with Crippen LogP contribution in [0, 0.1) is 0 Å². The van der Waals surface area contributed by atoms with Gasteiger partial charge in [-0.2, -0.15) is 0 Å². The van der Waals surface area contributed by atoms with Gasteiger partial charge in [0.15, 0.2) is 5.01 Å². The van der Waals surface area contributed by atoms with E-state index in [0.717, 1.165) is 10.9 Å². The summed E-state index contributed by atoms with van der Waals surface area (Å²) in [7, 11) is 3.28. The van der Waals surface area contributed by atoms with Crippen LogP contribution < -0.4 is 0 Å². The van der Waals surface area contributed by atoms with Crippen LogP contribution in [-0.4, -0.2) is 19.2 Å². The molecule has 0 amide bonds. The van der Waals surface area contributed by atoms with Crippen molar-refractivity contribution >= 4 is 11.3 Å². The summed E-state index contributed by atoms with van der Waals surface area (Å²) >= 11 is 1.70. The van der Waals surface area contributed by atoms with E-state index >= 15 is 0 Å². The highest BCUT2D eigenvalue weighted by Crippen LogP contribution is 2.44. The highest BCUT2D eigenvalue weighted by atomic mass is 32.1. The van der Waals surface area contributed by atoms with E-state index in [1.165, 1.54) is 17.7 Å². The van der Waals surface area contributed by atoms with Gasteiger partial charge in [0.25, 0.3) is 0 Å². The topological polar surface area (TPSA) is 31.4 Å². The minimum Gasteiger partial charge on any atom is -0.348 e. The number of thiazole rings is 1. The molecule has 1 fully saturated rings. The Bertz CT molecular complexity index is 316. The second kappa shape index (κ2) is 3.61. The minimum atomic E-state index is -0.683. The first kappa shape index (κ1) is 10.1. The number of hydrogen-bond donors (Lipinski definition) is 0. The first-order valence-corrected chi connectivity index (χ1v) is 5.58. The van der Waals surface area contributed by atoms with Crippen molar-refractivity contribution < 1.29 is 9.47 Å². The zero-order chi connectivity index (χ0) is 10.2. The molecule has 1 aliphatic carbocycles. The summed E-state index contributed by atoms with van der Waals surface area (Å²) in [6.45, 7) is 1.89. The molecular weight excluding hydrogens is 198 g/mol. The predicted molar refractivity (Wildman–Crippen MR) is 55.5 cm³/mol. The van der Waals surface area contributed by atoms with Gasteiger partial charge in [-0.1, -0.05) is 0 Å². The van der Waals surface area contributed by atoms with Gasteiger partial charge in [0.2, 0.25) is 5.79 Å². The molecule has 1 aromatic heterocycles. The summed E-state index contributed by atoms with van der Waals surface area (Å²) in [5.41, 5.74) is 0. The van der Waals surface area contributed by atoms with Gasteiger partial charge in [0.1, 0.15) is 0 Å². The molecule has 1 saturated carbocycles. The lowest BCUT2D eigenvalue weighted by atomic mass is 10.3. The van der Waals surface area contributed by atoms with Gasteiger partial charge in [-0.3, -0.25) is 0 Å². The van der Waals surface area contributed by atoms with Crippen molar-refractivity contribution in [3.8, 4) is 0 Å². The first-order chi connectivity index (χ1) is 6.69. The van der Waals surface area contributed by atoms with Crippen molar-refractivity contribution in [1.29, 1.82) is 0 Å². The largest absolute Gasteiger partial charge is 0.348 e. The van der Waals surface area contributed by atoms with E-state index in [0.29, 0.717) is 0 Å². The Morgan fingerprint density at radius 2 is 2.07 bits per heavy atom. The quantitative estimate of drug-likeness (QED) is 0.720. The lowest BCUT2D eigenvalue weighted by Crippen LogP contribution is -2.26. The molecule has 0 bridgehead atoms. The Morgan fingerprint density at radius 3 is 2.57 bits per heavy atom. The number of ether oxygens (including phenoxy) is 2. The summed E-state index contributed by atoms with van der Waals surface area (Å²) < 4.78 is 10.6. The third-order valence-corrected chi connectivity index (χ3v) is 4.01. The standard InChI is InChI=1S/C10H15NO2S/c1-10(12-2,13-3)9-11-6-8(14-9)7-4-5-7/h6-7H,4-5H2,1-3H3. The third-order valence-electron chi connectivity index (χ3n) is 2.67. The number of hydrogen-bond acceptors (Lipinski definition) is 4. The number of nitrogens with zero attached hydrogens (tertiary/aromatic N) is 1. The lowest BCUT2D eigenvalue weighted by Gasteiger charge is -2.23. The van der Waals surface area contributed by atoms with E-state index in [2.05, 4.69) is 4.98 Å². The van der Waals surface area contributed by atoms with E-state index in [1.54, 1.807) is 25.6 Å². The Hall–Kier alpha value is -0.450. The van der Waals surface area contributed by atoms with Crippen LogP contribution in [0.3, 0.4) is 0 Å². The molecule has 0 aromatic carbocycles. The molecule has 0 spiro atoms. The second-order valence-corrected chi connectivity index (χ2v) is 4.76. The molecule has 4 heteroatoms. The SMILES string of the molecule is COC(C)(OC)c1ncc(C2CC2)s1. The van der Waals surface area contributed by atoms with Crippen LogP contribution in [0.1, 0.15) is 35.6 Å². The smallest absolute Gasteiger partial charge is 0.218 e. The number of rotatable bonds is 4. The Balaban J connectivity index is 2.21. The number of aromatic nitrogens is 1. The maximum absolute atomic E-state index is 5.31. The van der Waals surface area contributed by atoms with Crippen LogP contribution in [0.5, 0.6) is 0 Å². The van der Waals surface area contributed by atoms with Gasteiger partial charge in [0, 0.05) is 25.3 Å². The van der Waals surface area contributed by atoms with Crippen molar-refractivity contribution in [2.45, 2.75) is 31.5 Å². The number of methoxy groups -OCH3 is 2. The average molecular weight is 213 g/mol. The van der Waals surface area contributed by atoms with E-state index in [-0.39, 0.29) is 0 Å². The van der Waals surface area contributed by atoms with Crippen molar-refractivity contribution in [3.63, 3.8) is 0 Å². The average Bonchev–Trinajstić information content (AvgIpc) is 2.95. The van der Waals surface area contributed by atoms with Crippen LogP contribution >= 0.6 is 11.3 Å². The van der Waals surface area contributed by atoms with Crippen LogP contribution in [0.25, 0.3) is 0 Å². The minimum absolute atomic E-state index is 0.683. The molecule has 14 heavy (non-hydrogen) atoms. The third kappa shape index (κ3) is 1.69. The maximum atomic E-state index is 5.31. The molecule has 1 aliphatic rings. The van der Waals surface area contributed by atoms with Crippen molar-refractivity contribution in [2.24, 2.45) is 0 Å². The summed E-state index contributed by atoms with van der Waals surface area (Å²) in [5, 5.41) is 0.907. The molecule has 0 unspecified atom stereocenters. The van der Waals surface area contributed by atoms with Gasteiger partial charge >= 0.3 is 0 Å².